The van der Waals surface area contributed by atoms with Gasteiger partial charge in [0.2, 0.25) is 0 Å². The van der Waals surface area contributed by atoms with Crippen LogP contribution in [0.3, 0.4) is 0 Å². The summed E-state index contributed by atoms with van der Waals surface area (Å²) in [7, 11) is 0. The van der Waals surface area contributed by atoms with Crippen LogP contribution in [0.25, 0.3) is 22.4 Å². The summed E-state index contributed by atoms with van der Waals surface area (Å²) in [6.45, 7) is 0. The highest BCUT2D eigenvalue weighted by Gasteiger charge is 2.17. The molecular weight excluding hydrogens is 322 g/mol. The highest BCUT2D eigenvalue weighted by Crippen LogP contribution is 2.30. The Morgan fingerprint density at radius 3 is 2.04 bits per heavy atom. The smallest absolute Gasteiger partial charge is 0.168 e. The molecule has 0 saturated heterocycles. The van der Waals surface area contributed by atoms with Gasteiger partial charge in [0.15, 0.2) is 29.6 Å². The van der Waals surface area contributed by atoms with E-state index < -0.39 is 23.3 Å². The number of hydrogen-bond acceptors (Lipinski definition) is 2. The molecule has 0 atom stereocenters. The molecule has 0 N–H and O–H groups in total. The largest absolute Gasteiger partial charge is 0.298 e. The lowest BCUT2D eigenvalue weighted by atomic mass is 10.0. The van der Waals surface area contributed by atoms with Crippen molar-refractivity contribution >= 4 is 6.29 Å². The quantitative estimate of drug-likeness (QED) is 0.510. The molecule has 6 heteroatoms. The van der Waals surface area contributed by atoms with Crippen molar-refractivity contribution in [3.63, 3.8) is 0 Å². The van der Waals surface area contributed by atoms with E-state index in [1.807, 2.05) is 0 Å². The minimum Gasteiger partial charge on any atom is -0.298 e. The van der Waals surface area contributed by atoms with Crippen LogP contribution >= 0.6 is 0 Å². The average Bonchev–Trinajstić information content (AvgIpc) is 2.59. The minimum atomic E-state index is -1.14. The van der Waals surface area contributed by atoms with Crippen LogP contribution < -0.4 is 0 Å². The second-order valence-electron chi connectivity index (χ2n) is 4.98. The van der Waals surface area contributed by atoms with Gasteiger partial charge in [-0.2, -0.15) is 0 Å². The summed E-state index contributed by atoms with van der Waals surface area (Å²) in [5.74, 6) is -4.34. The van der Waals surface area contributed by atoms with E-state index >= 15 is 0 Å². The Balaban J connectivity index is 2.18. The minimum absolute atomic E-state index is 0.0688. The number of rotatable bonds is 3. The number of nitrogens with zero attached hydrogens (tertiary/aromatic N) is 1. The van der Waals surface area contributed by atoms with E-state index in [1.54, 1.807) is 0 Å². The van der Waals surface area contributed by atoms with Gasteiger partial charge in [0.25, 0.3) is 0 Å². The fraction of sp³-hybridized carbons (Fsp3) is 0. The average molecular weight is 331 g/mol. The molecule has 0 aliphatic carbocycles. The Hall–Kier alpha value is -3.02. The van der Waals surface area contributed by atoms with Crippen molar-refractivity contribution in [3.05, 3.63) is 77.5 Å². The Bertz CT molecular complexity index is 940. The first-order chi connectivity index (χ1) is 11.5. The molecule has 0 radical (unpaired) electrons. The molecule has 0 bridgehead atoms. The second kappa shape index (κ2) is 6.23. The predicted octanol–water partition coefficient (Wildman–Crippen LogP) is 4.78. The van der Waals surface area contributed by atoms with Gasteiger partial charge >= 0.3 is 0 Å². The lowest BCUT2D eigenvalue weighted by Gasteiger charge is -2.09. The van der Waals surface area contributed by atoms with E-state index in [0.717, 1.165) is 12.1 Å². The third kappa shape index (κ3) is 2.67. The Morgan fingerprint density at radius 1 is 0.833 bits per heavy atom. The van der Waals surface area contributed by atoms with Crippen molar-refractivity contribution in [2.24, 2.45) is 0 Å². The molecule has 0 aliphatic heterocycles. The fourth-order valence-electron chi connectivity index (χ4n) is 2.36. The number of benzene rings is 2. The van der Waals surface area contributed by atoms with Crippen molar-refractivity contribution < 1.29 is 22.4 Å². The van der Waals surface area contributed by atoms with Gasteiger partial charge in [-0.25, -0.2) is 17.6 Å². The molecule has 24 heavy (non-hydrogen) atoms. The number of halogens is 4. The Kier molecular flexibility index (Phi) is 4.12. The molecule has 120 valence electrons. The first-order valence-electron chi connectivity index (χ1n) is 6.87. The summed E-state index contributed by atoms with van der Waals surface area (Å²) in [6.07, 6.45) is 1.57. The van der Waals surface area contributed by atoms with Crippen LogP contribution in [0.1, 0.15) is 10.4 Å². The van der Waals surface area contributed by atoms with Crippen molar-refractivity contribution in [1.82, 2.24) is 4.98 Å². The van der Waals surface area contributed by atoms with Crippen LogP contribution in [0.15, 0.2) is 48.7 Å². The van der Waals surface area contributed by atoms with Crippen LogP contribution in [0.5, 0.6) is 0 Å². The molecule has 3 rings (SSSR count). The number of carbonyl (C=O) groups excluding carboxylic acids is 1. The highest BCUT2D eigenvalue weighted by molar-refractivity contribution is 5.88. The Morgan fingerprint density at radius 2 is 1.42 bits per heavy atom. The van der Waals surface area contributed by atoms with Gasteiger partial charge < -0.3 is 0 Å². The van der Waals surface area contributed by atoms with Gasteiger partial charge in [-0.05, 0) is 24.3 Å². The summed E-state index contributed by atoms with van der Waals surface area (Å²) < 4.78 is 54.5. The monoisotopic (exact) mass is 331 g/mol. The van der Waals surface area contributed by atoms with Crippen molar-refractivity contribution in [1.29, 1.82) is 0 Å². The number of aromatic nitrogens is 1. The summed E-state index contributed by atoms with van der Waals surface area (Å²) in [5, 5.41) is 0. The van der Waals surface area contributed by atoms with E-state index in [-0.39, 0.29) is 27.9 Å². The van der Waals surface area contributed by atoms with Gasteiger partial charge in [0, 0.05) is 28.5 Å². The fourth-order valence-corrected chi connectivity index (χ4v) is 2.36. The van der Waals surface area contributed by atoms with E-state index in [9.17, 15) is 22.4 Å². The van der Waals surface area contributed by atoms with Crippen LogP contribution in [0.2, 0.25) is 0 Å². The molecule has 0 spiro atoms. The number of aldehydes is 1. The third-order valence-corrected chi connectivity index (χ3v) is 3.51. The third-order valence-electron chi connectivity index (χ3n) is 3.51. The summed E-state index contributed by atoms with van der Waals surface area (Å²) in [4.78, 5) is 15.3. The van der Waals surface area contributed by atoms with Crippen molar-refractivity contribution in [2.75, 3.05) is 0 Å². The molecular formula is C18H9F4NO. The van der Waals surface area contributed by atoms with Gasteiger partial charge in [0.1, 0.15) is 0 Å². The molecule has 0 unspecified atom stereocenters. The van der Waals surface area contributed by atoms with E-state index in [0.29, 0.717) is 6.29 Å². The summed E-state index contributed by atoms with van der Waals surface area (Å²) >= 11 is 0. The molecule has 3 aromatic rings. The molecule has 2 aromatic carbocycles. The molecule has 0 aliphatic rings. The first-order valence-corrected chi connectivity index (χ1v) is 6.87. The number of pyridine rings is 1. The van der Waals surface area contributed by atoms with Gasteiger partial charge in [0.05, 0.1) is 5.69 Å². The molecule has 0 saturated carbocycles. The van der Waals surface area contributed by atoms with Crippen LogP contribution in [0.4, 0.5) is 17.6 Å². The molecule has 1 aromatic heterocycles. The van der Waals surface area contributed by atoms with Gasteiger partial charge in [-0.3, -0.25) is 9.78 Å². The standard InChI is InChI=1S/C18H9F4NO/c19-14-5-1-3-12(16(14)21)10-7-11(9-24)18(23-8-10)13-4-2-6-15(20)17(13)22/h1-9H. The maximum Gasteiger partial charge on any atom is 0.168 e. The highest BCUT2D eigenvalue weighted by atomic mass is 19.2. The second-order valence-corrected chi connectivity index (χ2v) is 4.98. The molecule has 0 fully saturated rings. The van der Waals surface area contributed by atoms with Gasteiger partial charge in [-0.1, -0.05) is 18.2 Å². The van der Waals surface area contributed by atoms with E-state index in [4.69, 9.17) is 0 Å². The zero-order chi connectivity index (χ0) is 17.3. The predicted molar refractivity (Wildman–Crippen MR) is 80.3 cm³/mol. The SMILES string of the molecule is O=Cc1cc(-c2cccc(F)c2F)cnc1-c1cccc(F)c1F. The normalized spacial score (nSPS) is 10.7. The zero-order valence-corrected chi connectivity index (χ0v) is 12.1. The van der Waals surface area contributed by atoms with E-state index in [1.165, 1.54) is 36.5 Å². The molecule has 2 nitrogen and oxygen atoms in total. The first kappa shape index (κ1) is 15.9. The van der Waals surface area contributed by atoms with Crippen LogP contribution in [-0.2, 0) is 0 Å². The van der Waals surface area contributed by atoms with Crippen LogP contribution in [-0.4, -0.2) is 11.3 Å². The topological polar surface area (TPSA) is 30.0 Å². The zero-order valence-electron chi connectivity index (χ0n) is 12.1. The lowest BCUT2D eigenvalue weighted by Crippen LogP contribution is -1.98. The Labute approximate surface area is 134 Å². The number of hydrogen-bond donors (Lipinski definition) is 0. The van der Waals surface area contributed by atoms with Crippen molar-refractivity contribution in [3.8, 4) is 22.4 Å². The maximum absolute atomic E-state index is 13.9. The summed E-state index contributed by atoms with van der Waals surface area (Å²) in [5.41, 5.74) is -0.280. The van der Waals surface area contributed by atoms with Crippen LogP contribution in [0, 0.1) is 23.3 Å². The summed E-state index contributed by atoms with van der Waals surface area (Å²) in [6, 6.07) is 8.35. The van der Waals surface area contributed by atoms with E-state index in [2.05, 4.69) is 4.98 Å². The molecule has 1 heterocycles. The molecule has 0 amide bonds. The number of carbonyl (C=O) groups is 1. The maximum atomic E-state index is 13.9. The van der Waals surface area contributed by atoms with Crippen molar-refractivity contribution in [2.45, 2.75) is 0 Å². The van der Waals surface area contributed by atoms with Gasteiger partial charge in [-0.15, -0.1) is 0 Å². The lowest BCUT2D eigenvalue weighted by molar-refractivity contribution is 0.112.